The Morgan fingerprint density at radius 3 is 2.52 bits per heavy atom. The molecule has 0 aromatic heterocycles. The Hall–Kier alpha value is -2.22. The van der Waals surface area contributed by atoms with Gasteiger partial charge in [-0.05, 0) is 60.7 Å². The molecule has 1 aliphatic rings. The first-order chi connectivity index (χ1) is 14.6. The summed E-state index contributed by atoms with van der Waals surface area (Å²) in [7, 11) is 0. The minimum atomic E-state index is -4.50. The fourth-order valence-corrected chi connectivity index (χ4v) is 4.05. The van der Waals surface area contributed by atoms with Crippen molar-refractivity contribution in [2.24, 2.45) is 11.8 Å². The topological polar surface area (TPSA) is 50.4 Å². The number of amides is 1. The van der Waals surface area contributed by atoms with Gasteiger partial charge in [0.2, 0.25) is 5.91 Å². The molecule has 0 saturated heterocycles. The lowest BCUT2D eigenvalue weighted by molar-refractivity contribution is -0.137. The molecule has 0 aliphatic heterocycles. The van der Waals surface area contributed by atoms with Crippen molar-refractivity contribution >= 4 is 27.5 Å². The van der Waals surface area contributed by atoms with Gasteiger partial charge in [-0.25, -0.2) is 0 Å². The van der Waals surface area contributed by atoms with Gasteiger partial charge in [-0.3, -0.25) is 4.79 Å². The number of carbonyl (C=O) groups excluding carboxylic acids is 1. The normalized spacial score (nSPS) is 21.4. The molecular formula is C23H26BrF3N2O2. The fourth-order valence-electron chi connectivity index (χ4n) is 3.78. The lowest BCUT2D eigenvalue weighted by Crippen LogP contribution is -2.45. The van der Waals surface area contributed by atoms with Crippen LogP contribution in [0.5, 0.6) is 11.5 Å². The van der Waals surface area contributed by atoms with Crippen LogP contribution in [0.2, 0.25) is 0 Å². The highest BCUT2D eigenvalue weighted by Gasteiger charge is 2.32. The molecule has 0 spiro atoms. The van der Waals surface area contributed by atoms with Crippen LogP contribution in [0.4, 0.5) is 18.9 Å². The summed E-state index contributed by atoms with van der Waals surface area (Å²) in [4.78, 5) is 12.5. The molecule has 2 N–H and O–H groups in total. The van der Waals surface area contributed by atoms with Gasteiger partial charge >= 0.3 is 6.18 Å². The largest absolute Gasteiger partial charge is 0.455 e. The number of halogens is 4. The fraction of sp³-hybridized carbons (Fsp3) is 0.435. The van der Waals surface area contributed by atoms with Crippen LogP contribution in [0.1, 0.15) is 38.7 Å². The van der Waals surface area contributed by atoms with E-state index in [0.29, 0.717) is 17.6 Å². The Labute approximate surface area is 188 Å². The molecule has 0 unspecified atom stereocenters. The number of hydrogen-bond donors (Lipinski definition) is 2. The maximum atomic E-state index is 13.2. The van der Waals surface area contributed by atoms with Gasteiger partial charge in [-0.2, -0.15) is 13.2 Å². The average Bonchev–Trinajstić information content (AvgIpc) is 2.71. The first-order valence-electron chi connectivity index (χ1n) is 10.3. The molecule has 1 fully saturated rings. The summed E-state index contributed by atoms with van der Waals surface area (Å²) in [5.74, 6) is 1.32. The Morgan fingerprint density at radius 2 is 1.84 bits per heavy atom. The minimum Gasteiger partial charge on any atom is -0.455 e. The highest BCUT2D eigenvalue weighted by atomic mass is 79.9. The summed E-state index contributed by atoms with van der Waals surface area (Å²) < 4.78 is 46.2. The van der Waals surface area contributed by atoms with Crippen LogP contribution in [0, 0.1) is 11.8 Å². The van der Waals surface area contributed by atoms with E-state index < -0.39 is 11.7 Å². The molecule has 1 amide bonds. The van der Waals surface area contributed by atoms with Gasteiger partial charge in [0.15, 0.2) is 5.75 Å². The molecule has 0 radical (unpaired) electrons. The molecule has 168 valence electrons. The molecule has 3 atom stereocenters. The van der Waals surface area contributed by atoms with Crippen LogP contribution < -0.4 is 15.4 Å². The monoisotopic (exact) mass is 498 g/mol. The number of anilines is 1. The Bertz CT molecular complexity index is 903. The Balaban J connectivity index is 1.72. The molecule has 0 bridgehead atoms. The van der Waals surface area contributed by atoms with Gasteiger partial charge in [-0.1, -0.05) is 42.6 Å². The highest BCUT2D eigenvalue weighted by molar-refractivity contribution is 9.10. The van der Waals surface area contributed by atoms with Crippen LogP contribution in [0.3, 0.4) is 0 Å². The molecule has 3 rings (SSSR count). The maximum Gasteiger partial charge on any atom is 0.416 e. The van der Waals surface area contributed by atoms with Gasteiger partial charge in [0.05, 0.1) is 17.8 Å². The van der Waals surface area contributed by atoms with Crippen molar-refractivity contribution in [2.45, 2.75) is 45.3 Å². The first-order valence-corrected chi connectivity index (χ1v) is 11.1. The predicted molar refractivity (Wildman–Crippen MR) is 118 cm³/mol. The van der Waals surface area contributed by atoms with Crippen molar-refractivity contribution < 1.29 is 22.7 Å². The molecule has 2 aromatic carbocycles. The van der Waals surface area contributed by atoms with Gasteiger partial charge in [0, 0.05) is 10.5 Å². The van der Waals surface area contributed by atoms with Crippen LogP contribution in [0.15, 0.2) is 46.9 Å². The van der Waals surface area contributed by atoms with Gasteiger partial charge in [0.1, 0.15) is 5.75 Å². The molecule has 8 heteroatoms. The van der Waals surface area contributed by atoms with Crippen molar-refractivity contribution in [2.75, 3.05) is 11.9 Å². The zero-order valence-corrected chi connectivity index (χ0v) is 19.0. The number of benzene rings is 2. The van der Waals surface area contributed by atoms with Crippen molar-refractivity contribution in [3.05, 3.63) is 52.5 Å². The summed E-state index contributed by atoms with van der Waals surface area (Å²) >= 11 is 3.33. The number of ether oxygens (including phenoxy) is 1. The van der Waals surface area contributed by atoms with E-state index in [9.17, 15) is 18.0 Å². The summed E-state index contributed by atoms with van der Waals surface area (Å²) in [5, 5.41) is 5.85. The quantitative estimate of drug-likeness (QED) is 0.470. The van der Waals surface area contributed by atoms with E-state index in [1.165, 1.54) is 6.07 Å². The van der Waals surface area contributed by atoms with E-state index in [1.807, 2.05) is 0 Å². The van der Waals surface area contributed by atoms with E-state index in [4.69, 9.17) is 4.74 Å². The van der Waals surface area contributed by atoms with Crippen LogP contribution in [-0.2, 0) is 11.0 Å². The summed E-state index contributed by atoms with van der Waals surface area (Å²) in [6, 6.07) is 10.2. The predicted octanol–water partition coefficient (Wildman–Crippen LogP) is 6.61. The number of hydrogen-bond acceptors (Lipinski definition) is 3. The molecule has 31 heavy (non-hydrogen) atoms. The van der Waals surface area contributed by atoms with Crippen LogP contribution in [0.25, 0.3) is 0 Å². The van der Waals surface area contributed by atoms with E-state index in [2.05, 4.69) is 40.4 Å². The van der Waals surface area contributed by atoms with Gasteiger partial charge in [0.25, 0.3) is 0 Å². The van der Waals surface area contributed by atoms with Crippen molar-refractivity contribution in [1.29, 1.82) is 0 Å². The van der Waals surface area contributed by atoms with E-state index in [-0.39, 0.29) is 29.9 Å². The van der Waals surface area contributed by atoms with Crippen molar-refractivity contribution in [1.82, 2.24) is 5.32 Å². The second-order valence-electron chi connectivity index (χ2n) is 8.06. The number of nitrogens with one attached hydrogen (secondary N) is 2. The third-order valence-electron chi connectivity index (χ3n) is 5.84. The smallest absolute Gasteiger partial charge is 0.416 e. The second kappa shape index (κ2) is 9.94. The lowest BCUT2D eigenvalue weighted by atomic mass is 9.78. The third kappa shape index (κ3) is 6.38. The minimum absolute atomic E-state index is 0.0815. The van der Waals surface area contributed by atoms with E-state index >= 15 is 0 Å². The highest BCUT2D eigenvalue weighted by Crippen LogP contribution is 2.37. The SMILES string of the molecule is C[C@H]1[C@H](C)CCC[C@@H]1NC(=O)CNc1cc(C(F)(F)F)ccc1Oc1ccc(Br)cc1. The number of carbonyl (C=O) groups is 1. The molecular weight excluding hydrogens is 473 g/mol. The van der Waals surface area contributed by atoms with Crippen LogP contribution >= 0.6 is 15.9 Å². The second-order valence-corrected chi connectivity index (χ2v) is 8.98. The molecule has 4 nitrogen and oxygen atoms in total. The van der Waals surface area contributed by atoms with Crippen molar-refractivity contribution in [3.63, 3.8) is 0 Å². The van der Waals surface area contributed by atoms with Gasteiger partial charge in [-0.15, -0.1) is 0 Å². The van der Waals surface area contributed by atoms with E-state index in [1.54, 1.807) is 24.3 Å². The van der Waals surface area contributed by atoms with Gasteiger partial charge < -0.3 is 15.4 Å². The third-order valence-corrected chi connectivity index (χ3v) is 6.37. The average molecular weight is 499 g/mol. The molecule has 0 heterocycles. The number of alkyl halides is 3. The lowest BCUT2D eigenvalue weighted by Gasteiger charge is -2.34. The number of rotatable bonds is 6. The molecule has 2 aromatic rings. The summed E-state index contributed by atoms with van der Waals surface area (Å²) in [6.07, 6.45) is -1.38. The standard InChI is InChI=1S/C23H26BrF3N2O2/c1-14-4-3-5-19(15(14)2)29-22(30)13-28-20-12-16(23(25,26)27)6-11-21(20)31-18-9-7-17(24)8-10-18/h6-12,14-15,19,28H,3-5,13H2,1-2H3,(H,29,30)/t14-,15+,19+/m1/s1. The Kier molecular flexibility index (Phi) is 7.51. The molecule has 1 aliphatic carbocycles. The summed E-state index contributed by atoms with van der Waals surface area (Å²) in [6.45, 7) is 4.16. The summed E-state index contributed by atoms with van der Waals surface area (Å²) in [5.41, 5.74) is -0.703. The molecule has 1 saturated carbocycles. The zero-order chi connectivity index (χ0) is 22.6. The zero-order valence-electron chi connectivity index (χ0n) is 17.4. The van der Waals surface area contributed by atoms with Crippen LogP contribution in [-0.4, -0.2) is 18.5 Å². The van der Waals surface area contributed by atoms with Crippen molar-refractivity contribution in [3.8, 4) is 11.5 Å². The van der Waals surface area contributed by atoms with E-state index in [0.717, 1.165) is 35.9 Å². The maximum absolute atomic E-state index is 13.2. The first kappa shape index (κ1) is 23.4. The Morgan fingerprint density at radius 1 is 1.13 bits per heavy atom.